The summed E-state index contributed by atoms with van der Waals surface area (Å²) in [6.07, 6.45) is 1.92. The molecule has 0 aromatic rings. The van der Waals surface area contributed by atoms with Crippen LogP contribution >= 0.6 is 0 Å². The van der Waals surface area contributed by atoms with Gasteiger partial charge in [0.15, 0.2) is 0 Å². The van der Waals surface area contributed by atoms with Gasteiger partial charge in [-0.15, -0.1) is 0 Å². The highest BCUT2D eigenvalue weighted by molar-refractivity contribution is 5.84. The van der Waals surface area contributed by atoms with Crippen molar-refractivity contribution in [3.63, 3.8) is 0 Å². The van der Waals surface area contributed by atoms with Crippen molar-refractivity contribution in [3.8, 4) is 0 Å². The van der Waals surface area contributed by atoms with Crippen molar-refractivity contribution in [1.29, 1.82) is 0 Å². The zero-order chi connectivity index (χ0) is 13.5. The fraction of sp³-hybridized carbons (Fsp3) is 0.846. The minimum absolute atomic E-state index is 0.00410. The van der Waals surface area contributed by atoms with Crippen molar-refractivity contribution >= 4 is 11.9 Å². The van der Waals surface area contributed by atoms with Crippen molar-refractivity contribution in [1.82, 2.24) is 10.2 Å². The van der Waals surface area contributed by atoms with Gasteiger partial charge in [0.05, 0.1) is 12.5 Å². The molecule has 0 saturated carbocycles. The molecule has 0 aromatic heterocycles. The molecule has 1 rings (SSSR count). The largest absolute Gasteiger partial charge is 0.465 e. The van der Waals surface area contributed by atoms with Gasteiger partial charge in [-0.2, -0.15) is 0 Å². The quantitative estimate of drug-likeness (QED) is 0.739. The molecule has 0 aromatic carbocycles. The Morgan fingerprint density at radius 3 is 2.67 bits per heavy atom. The lowest BCUT2D eigenvalue weighted by Gasteiger charge is -2.31. The van der Waals surface area contributed by atoms with Crippen LogP contribution in [0.25, 0.3) is 0 Å². The molecule has 5 nitrogen and oxygen atoms in total. The molecule has 0 spiro atoms. The Labute approximate surface area is 109 Å². The summed E-state index contributed by atoms with van der Waals surface area (Å²) in [5.41, 5.74) is 0. The first kappa shape index (κ1) is 15.0. The maximum Gasteiger partial charge on any atom is 0.325 e. The highest BCUT2D eigenvalue weighted by Gasteiger charge is 2.28. The van der Waals surface area contributed by atoms with Crippen LogP contribution in [0.15, 0.2) is 0 Å². The third-order valence-corrected chi connectivity index (χ3v) is 3.16. The second-order valence-electron chi connectivity index (χ2n) is 4.91. The van der Waals surface area contributed by atoms with Crippen LogP contribution in [-0.4, -0.2) is 49.1 Å². The van der Waals surface area contributed by atoms with Gasteiger partial charge in [-0.1, -0.05) is 0 Å². The van der Waals surface area contributed by atoms with Crippen LogP contribution in [0.4, 0.5) is 0 Å². The van der Waals surface area contributed by atoms with Gasteiger partial charge in [0, 0.05) is 12.6 Å². The van der Waals surface area contributed by atoms with Gasteiger partial charge in [-0.05, 0) is 40.2 Å². The Morgan fingerprint density at radius 2 is 2.17 bits per heavy atom. The minimum Gasteiger partial charge on any atom is -0.465 e. The Kier molecular flexibility index (Phi) is 6.12. The number of nitrogens with zero attached hydrogens (tertiary/aromatic N) is 1. The van der Waals surface area contributed by atoms with E-state index in [4.69, 9.17) is 4.74 Å². The van der Waals surface area contributed by atoms with Crippen LogP contribution < -0.4 is 5.32 Å². The Morgan fingerprint density at radius 1 is 1.44 bits per heavy atom. The third kappa shape index (κ3) is 4.29. The lowest BCUT2D eigenvalue weighted by atomic mass is 9.97. The summed E-state index contributed by atoms with van der Waals surface area (Å²) >= 11 is 0. The number of amides is 1. The zero-order valence-corrected chi connectivity index (χ0v) is 11.6. The number of nitrogens with one attached hydrogen (secondary N) is 1. The number of rotatable bonds is 5. The van der Waals surface area contributed by atoms with Gasteiger partial charge in [-0.25, -0.2) is 0 Å². The van der Waals surface area contributed by atoms with E-state index in [1.54, 1.807) is 11.8 Å². The van der Waals surface area contributed by atoms with E-state index < -0.39 is 0 Å². The first-order valence-electron chi connectivity index (χ1n) is 6.73. The summed E-state index contributed by atoms with van der Waals surface area (Å²) < 4.78 is 4.91. The minimum atomic E-state index is -0.330. The molecule has 1 aliphatic rings. The summed E-state index contributed by atoms with van der Waals surface area (Å²) in [7, 11) is 0. The molecule has 104 valence electrons. The summed E-state index contributed by atoms with van der Waals surface area (Å²) in [5.74, 6) is -0.274. The molecule has 1 heterocycles. The highest BCUT2D eigenvalue weighted by atomic mass is 16.5. The molecule has 1 aliphatic heterocycles. The van der Waals surface area contributed by atoms with Crippen LogP contribution in [-0.2, 0) is 14.3 Å². The molecule has 1 saturated heterocycles. The second kappa shape index (κ2) is 7.36. The Bertz CT molecular complexity index is 286. The summed E-state index contributed by atoms with van der Waals surface area (Å²) in [5, 5.41) is 3.22. The molecular weight excluding hydrogens is 232 g/mol. The zero-order valence-electron chi connectivity index (χ0n) is 11.6. The van der Waals surface area contributed by atoms with E-state index in [0.29, 0.717) is 13.2 Å². The molecule has 1 unspecified atom stereocenters. The molecule has 0 bridgehead atoms. The van der Waals surface area contributed by atoms with Crippen LogP contribution in [0, 0.1) is 5.92 Å². The average molecular weight is 256 g/mol. The molecule has 18 heavy (non-hydrogen) atoms. The van der Waals surface area contributed by atoms with Gasteiger partial charge >= 0.3 is 5.97 Å². The molecule has 0 aliphatic carbocycles. The van der Waals surface area contributed by atoms with Crippen LogP contribution in [0.1, 0.15) is 33.6 Å². The van der Waals surface area contributed by atoms with E-state index in [2.05, 4.69) is 5.32 Å². The SMILES string of the molecule is CCOC(=O)CN(C(=O)C1CCCNC1)C(C)C. The number of carbonyl (C=O) groups excluding carboxylic acids is 2. The van der Waals surface area contributed by atoms with Gasteiger partial charge in [-0.3, -0.25) is 9.59 Å². The number of piperidine rings is 1. The van der Waals surface area contributed by atoms with Crippen molar-refractivity contribution in [2.45, 2.75) is 39.7 Å². The number of hydrogen-bond acceptors (Lipinski definition) is 4. The van der Waals surface area contributed by atoms with Crippen LogP contribution in [0.5, 0.6) is 0 Å². The first-order chi connectivity index (χ1) is 8.56. The highest BCUT2D eigenvalue weighted by Crippen LogP contribution is 2.15. The van der Waals surface area contributed by atoms with E-state index in [-0.39, 0.29) is 30.4 Å². The van der Waals surface area contributed by atoms with Crippen molar-refractivity contribution in [2.24, 2.45) is 5.92 Å². The molecule has 1 N–H and O–H groups in total. The van der Waals surface area contributed by atoms with Gasteiger partial charge < -0.3 is 15.0 Å². The first-order valence-corrected chi connectivity index (χ1v) is 6.73. The summed E-state index contributed by atoms with van der Waals surface area (Å²) in [6, 6.07) is 0.0174. The average Bonchev–Trinajstić information content (AvgIpc) is 2.36. The smallest absolute Gasteiger partial charge is 0.325 e. The fourth-order valence-electron chi connectivity index (χ4n) is 2.16. The Hall–Kier alpha value is -1.10. The topological polar surface area (TPSA) is 58.6 Å². The molecule has 5 heteroatoms. The number of esters is 1. The van der Waals surface area contributed by atoms with Gasteiger partial charge in [0.2, 0.25) is 5.91 Å². The number of ether oxygens (including phenoxy) is 1. The maximum absolute atomic E-state index is 12.4. The van der Waals surface area contributed by atoms with Crippen LogP contribution in [0.2, 0.25) is 0 Å². The standard InChI is InChI=1S/C13H24N2O3/c1-4-18-12(16)9-15(10(2)3)13(17)11-6-5-7-14-8-11/h10-11,14H,4-9H2,1-3H3. The monoisotopic (exact) mass is 256 g/mol. The van der Waals surface area contributed by atoms with Crippen molar-refractivity contribution in [2.75, 3.05) is 26.2 Å². The van der Waals surface area contributed by atoms with E-state index in [9.17, 15) is 9.59 Å². The van der Waals surface area contributed by atoms with Gasteiger partial charge in [0.1, 0.15) is 6.54 Å². The predicted octanol–water partition coefficient (Wildman–Crippen LogP) is 0.786. The number of carbonyl (C=O) groups is 2. The van der Waals surface area contributed by atoms with E-state index in [1.807, 2.05) is 13.8 Å². The van der Waals surface area contributed by atoms with E-state index in [0.717, 1.165) is 19.4 Å². The summed E-state index contributed by atoms with van der Waals surface area (Å²) in [6.45, 7) is 7.71. The molecule has 1 atom stereocenters. The lowest BCUT2D eigenvalue weighted by Crippen LogP contribution is -2.48. The molecule has 0 radical (unpaired) electrons. The van der Waals surface area contributed by atoms with Crippen molar-refractivity contribution in [3.05, 3.63) is 0 Å². The third-order valence-electron chi connectivity index (χ3n) is 3.16. The van der Waals surface area contributed by atoms with Crippen molar-refractivity contribution < 1.29 is 14.3 Å². The maximum atomic E-state index is 12.4. The summed E-state index contributed by atoms with van der Waals surface area (Å²) in [4.78, 5) is 25.5. The number of hydrogen-bond donors (Lipinski definition) is 1. The Balaban J connectivity index is 2.59. The predicted molar refractivity (Wildman–Crippen MR) is 69.1 cm³/mol. The molecule has 1 amide bonds. The van der Waals surface area contributed by atoms with E-state index in [1.165, 1.54) is 0 Å². The second-order valence-corrected chi connectivity index (χ2v) is 4.91. The molecular formula is C13H24N2O3. The lowest BCUT2D eigenvalue weighted by molar-refractivity contribution is -0.151. The fourth-order valence-corrected chi connectivity index (χ4v) is 2.16. The van der Waals surface area contributed by atoms with Crippen LogP contribution in [0.3, 0.4) is 0 Å². The molecule has 1 fully saturated rings. The van der Waals surface area contributed by atoms with E-state index >= 15 is 0 Å². The normalized spacial score (nSPS) is 19.7. The van der Waals surface area contributed by atoms with Gasteiger partial charge in [0.25, 0.3) is 0 Å².